The SMILES string of the molecule is N#CCc1cc2c(-c3cccc(N4CCC[C@@H](N)C4)n3)n[nH]c2cn1. The lowest BCUT2D eigenvalue weighted by Crippen LogP contribution is -2.43. The molecule has 0 unspecified atom stereocenters. The molecule has 1 fully saturated rings. The number of nitrogens with zero attached hydrogens (tertiary/aromatic N) is 5. The van der Waals surface area contributed by atoms with Gasteiger partial charge in [-0.25, -0.2) is 4.98 Å². The number of pyridine rings is 2. The molecule has 7 heteroatoms. The Balaban J connectivity index is 1.72. The van der Waals surface area contributed by atoms with Crippen LogP contribution in [0.5, 0.6) is 0 Å². The summed E-state index contributed by atoms with van der Waals surface area (Å²) >= 11 is 0. The Hall–Kier alpha value is -2.98. The minimum Gasteiger partial charge on any atom is -0.355 e. The second-order valence-electron chi connectivity index (χ2n) is 6.36. The summed E-state index contributed by atoms with van der Waals surface area (Å²) < 4.78 is 0. The van der Waals surface area contributed by atoms with E-state index in [1.807, 2.05) is 24.3 Å². The molecule has 0 aromatic carbocycles. The first-order valence-corrected chi connectivity index (χ1v) is 8.42. The van der Waals surface area contributed by atoms with Crippen LogP contribution in [0.1, 0.15) is 18.5 Å². The lowest BCUT2D eigenvalue weighted by Gasteiger charge is -2.31. The number of nitriles is 1. The smallest absolute Gasteiger partial charge is 0.129 e. The molecule has 3 aromatic heterocycles. The summed E-state index contributed by atoms with van der Waals surface area (Å²) in [7, 11) is 0. The Morgan fingerprint density at radius 3 is 3.16 bits per heavy atom. The number of hydrogen-bond donors (Lipinski definition) is 2. The van der Waals surface area contributed by atoms with Crippen LogP contribution in [0.2, 0.25) is 0 Å². The van der Waals surface area contributed by atoms with Gasteiger partial charge < -0.3 is 10.6 Å². The molecule has 0 saturated carbocycles. The average Bonchev–Trinajstić information content (AvgIpc) is 3.05. The number of hydrogen-bond acceptors (Lipinski definition) is 6. The van der Waals surface area contributed by atoms with Gasteiger partial charge in [0.15, 0.2) is 0 Å². The zero-order chi connectivity index (χ0) is 17.2. The molecule has 3 N–H and O–H groups in total. The maximum absolute atomic E-state index is 8.89. The average molecular weight is 333 g/mol. The van der Waals surface area contributed by atoms with Gasteiger partial charge in [-0.05, 0) is 31.0 Å². The van der Waals surface area contributed by atoms with Crippen LogP contribution in [0.25, 0.3) is 22.3 Å². The fraction of sp³-hybridized carbons (Fsp3) is 0.333. The molecule has 4 heterocycles. The molecule has 3 aromatic rings. The van der Waals surface area contributed by atoms with Crippen molar-refractivity contribution in [3.05, 3.63) is 36.2 Å². The molecular weight excluding hydrogens is 314 g/mol. The van der Waals surface area contributed by atoms with Gasteiger partial charge in [0, 0.05) is 24.5 Å². The molecule has 1 saturated heterocycles. The van der Waals surface area contributed by atoms with Gasteiger partial charge in [0.1, 0.15) is 11.5 Å². The highest BCUT2D eigenvalue weighted by atomic mass is 15.2. The quantitative estimate of drug-likeness (QED) is 0.759. The molecule has 126 valence electrons. The number of anilines is 1. The number of aromatic amines is 1. The highest BCUT2D eigenvalue weighted by Gasteiger charge is 2.19. The Morgan fingerprint density at radius 2 is 2.32 bits per heavy atom. The maximum atomic E-state index is 8.89. The van der Waals surface area contributed by atoms with Crippen LogP contribution in [0.4, 0.5) is 5.82 Å². The largest absolute Gasteiger partial charge is 0.355 e. The van der Waals surface area contributed by atoms with Crippen molar-refractivity contribution in [2.75, 3.05) is 18.0 Å². The van der Waals surface area contributed by atoms with Gasteiger partial charge in [-0.3, -0.25) is 10.1 Å². The normalized spacial score (nSPS) is 17.6. The second kappa shape index (κ2) is 6.49. The van der Waals surface area contributed by atoms with E-state index in [4.69, 9.17) is 16.0 Å². The Bertz CT molecular complexity index is 940. The number of nitrogens with two attached hydrogens (primary N) is 1. The molecule has 1 aliphatic rings. The molecule has 0 aliphatic carbocycles. The van der Waals surface area contributed by atoms with E-state index in [9.17, 15) is 0 Å². The Labute approximate surface area is 145 Å². The molecule has 0 bridgehead atoms. The first-order valence-electron chi connectivity index (χ1n) is 8.42. The van der Waals surface area contributed by atoms with Gasteiger partial charge >= 0.3 is 0 Å². The Morgan fingerprint density at radius 1 is 1.40 bits per heavy atom. The first-order chi connectivity index (χ1) is 12.2. The predicted molar refractivity (Wildman–Crippen MR) is 95.9 cm³/mol. The highest BCUT2D eigenvalue weighted by molar-refractivity contribution is 5.91. The lowest BCUT2D eigenvalue weighted by atomic mass is 10.1. The van der Waals surface area contributed by atoms with Crippen molar-refractivity contribution in [3.8, 4) is 17.5 Å². The molecule has 0 amide bonds. The van der Waals surface area contributed by atoms with E-state index < -0.39 is 0 Å². The topological polar surface area (TPSA) is 108 Å². The molecular formula is C18H19N7. The van der Waals surface area contributed by atoms with Crippen molar-refractivity contribution in [1.82, 2.24) is 20.2 Å². The highest BCUT2D eigenvalue weighted by Crippen LogP contribution is 2.27. The standard InChI is InChI=1S/C18H19N7/c19-7-6-13-9-14-16(10-21-13)23-24-18(14)15-4-1-5-17(22-15)25-8-2-3-12(20)11-25/h1,4-5,9-10,12H,2-3,6,8,11,20H2,(H,23,24)/t12-/m1/s1. The summed E-state index contributed by atoms with van der Waals surface area (Å²) in [4.78, 5) is 11.3. The monoisotopic (exact) mass is 333 g/mol. The van der Waals surface area contributed by atoms with Crippen molar-refractivity contribution in [2.45, 2.75) is 25.3 Å². The van der Waals surface area contributed by atoms with Gasteiger partial charge in [0.25, 0.3) is 0 Å². The number of piperidine rings is 1. The molecule has 4 rings (SSSR count). The summed E-state index contributed by atoms with van der Waals surface area (Å²) in [5.74, 6) is 0.926. The van der Waals surface area contributed by atoms with Gasteiger partial charge in [0.2, 0.25) is 0 Å². The third kappa shape index (κ3) is 3.04. The van der Waals surface area contributed by atoms with Crippen molar-refractivity contribution >= 4 is 16.7 Å². The number of aromatic nitrogens is 4. The van der Waals surface area contributed by atoms with Gasteiger partial charge in [0.05, 0.1) is 35.6 Å². The number of rotatable bonds is 3. The molecule has 7 nitrogen and oxygen atoms in total. The van der Waals surface area contributed by atoms with Crippen LogP contribution < -0.4 is 10.6 Å². The van der Waals surface area contributed by atoms with Gasteiger partial charge in [-0.15, -0.1) is 0 Å². The minimum atomic E-state index is 0.199. The summed E-state index contributed by atoms with van der Waals surface area (Å²) in [6.07, 6.45) is 4.14. The molecule has 1 aliphatic heterocycles. The van der Waals surface area contributed by atoms with Crippen molar-refractivity contribution < 1.29 is 0 Å². The molecule has 0 spiro atoms. The lowest BCUT2D eigenvalue weighted by molar-refractivity contribution is 0.503. The third-order valence-corrected chi connectivity index (χ3v) is 4.52. The van der Waals surface area contributed by atoms with Crippen LogP contribution in [-0.2, 0) is 6.42 Å². The van der Waals surface area contributed by atoms with Crippen LogP contribution in [0.3, 0.4) is 0 Å². The zero-order valence-electron chi connectivity index (χ0n) is 13.8. The maximum Gasteiger partial charge on any atom is 0.129 e. The van der Waals surface area contributed by atoms with E-state index in [2.05, 4.69) is 26.2 Å². The van der Waals surface area contributed by atoms with Crippen molar-refractivity contribution in [3.63, 3.8) is 0 Å². The van der Waals surface area contributed by atoms with Crippen LogP contribution in [-0.4, -0.2) is 39.3 Å². The summed E-state index contributed by atoms with van der Waals surface area (Å²) in [6, 6.07) is 10.2. The molecule has 25 heavy (non-hydrogen) atoms. The number of H-pyrrole nitrogens is 1. The second-order valence-corrected chi connectivity index (χ2v) is 6.36. The number of fused-ring (bicyclic) bond motifs is 1. The van der Waals surface area contributed by atoms with E-state index in [0.29, 0.717) is 0 Å². The van der Waals surface area contributed by atoms with Crippen LogP contribution in [0, 0.1) is 11.3 Å². The van der Waals surface area contributed by atoms with Crippen LogP contribution >= 0.6 is 0 Å². The first kappa shape index (κ1) is 15.5. The Kier molecular flexibility index (Phi) is 4.04. The molecule has 0 radical (unpaired) electrons. The summed E-state index contributed by atoms with van der Waals surface area (Å²) in [5.41, 5.74) is 9.24. The van der Waals surface area contributed by atoms with Gasteiger partial charge in [-0.1, -0.05) is 6.07 Å². The fourth-order valence-corrected chi connectivity index (χ4v) is 3.28. The predicted octanol–water partition coefficient (Wildman–Crippen LogP) is 2.01. The van der Waals surface area contributed by atoms with E-state index in [1.165, 1.54) is 0 Å². The minimum absolute atomic E-state index is 0.199. The number of nitrogens with one attached hydrogen (secondary N) is 1. The molecule has 1 atom stereocenters. The van der Waals surface area contributed by atoms with Crippen molar-refractivity contribution in [1.29, 1.82) is 5.26 Å². The van der Waals surface area contributed by atoms with E-state index in [0.717, 1.165) is 59.7 Å². The summed E-state index contributed by atoms with van der Waals surface area (Å²) in [6.45, 7) is 1.80. The fourth-order valence-electron chi connectivity index (χ4n) is 3.28. The third-order valence-electron chi connectivity index (χ3n) is 4.52. The van der Waals surface area contributed by atoms with Gasteiger partial charge in [-0.2, -0.15) is 10.4 Å². The zero-order valence-corrected chi connectivity index (χ0v) is 13.8. The van der Waals surface area contributed by atoms with Crippen LogP contribution in [0.15, 0.2) is 30.5 Å². The summed E-state index contributed by atoms with van der Waals surface area (Å²) in [5, 5.41) is 17.2. The van der Waals surface area contributed by atoms with E-state index in [1.54, 1.807) is 6.20 Å². The van der Waals surface area contributed by atoms with E-state index in [-0.39, 0.29) is 12.5 Å². The van der Waals surface area contributed by atoms with E-state index >= 15 is 0 Å². The van der Waals surface area contributed by atoms with Crippen molar-refractivity contribution in [2.24, 2.45) is 5.73 Å².